The Kier molecular flexibility index (Phi) is 20.0. The SMILES string of the molecule is CC[C@@H](C)[C@@H](CC(=O)[C@@H]1CCCCN1C)C(=O)N(COC(=O)CC(C)C)[C@@H](C[C@H](OC(C)=O)c1nc(C(C)N[C@H](Cc2ccc(O)cc2)C[C@@H](C)C(=O)O)cs1)C(C)C. The highest BCUT2D eigenvalue weighted by molar-refractivity contribution is 7.09. The third kappa shape index (κ3) is 15.6. The standard InChI is InChI=1S/C45H70N4O9S/c1-11-29(6)36(23-40(52)38-14-12-13-19-48(38)10)44(54)49(26-57-42(53)20-27(2)3)39(28(4)5)24-41(58-32(9)50)43-47-37(25-59-43)31(8)46-34(21-30(7)45(55)56)22-33-15-17-35(51)18-16-33/h15-18,25,27-31,34,36,38-39,41,46,51H,11-14,19-24,26H2,1-10H3,(H,55,56)/t29-,30-,31?,34+,36-,38+,39+,41+/m1/s1. The first kappa shape index (κ1) is 49.5. The minimum atomic E-state index is -0.892. The van der Waals surface area contributed by atoms with Gasteiger partial charge in [-0.2, -0.15) is 0 Å². The Morgan fingerprint density at radius 1 is 1.00 bits per heavy atom. The number of Topliss-reactive ketones (excluding diaryl/α,β-unsaturated/α-hetero) is 1. The number of carbonyl (C=O) groups excluding carboxylic acids is 4. The van der Waals surface area contributed by atoms with E-state index >= 15 is 0 Å². The van der Waals surface area contributed by atoms with Crippen molar-refractivity contribution in [3.63, 3.8) is 0 Å². The van der Waals surface area contributed by atoms with Gasteiger partial charge in [0.25, 0.3) is 0 Å². The Bertz CT molecular complexity index is 1660. The highest BCUT2D eigenvalue weighted by Gasteiger charge is 2.39. The molecule has 59 heavy (non-hydrogen) atoms. The Hall–Kier alpha value is -3.88. The Balaban J connectivity index is 1.96. The van der Waals surface area contributed by atoms with E-state index < -0.39 is 41.9 Å². The van der Waals surface area contributed by atoms with Crippen molar-refractivity contribution in [2.24, 2.45) is 29.6 Å². The van der Waals surface area contributed by atoms with Gasteiger partial charge in [-0.3, -0.25) is 28.9 Å². The van der Waals surface area contributed by atoms with Crippen molar-refractivity contribution in [2.75, 3.05) is 20.3 Å². The number of carboxylic acids is 1. The summed E-state index contributed by atoms with van der Waals surface area (Å²) in [6, 6.07) is 5.49. The molecular weight excluding hydrogens is 773 g/mol. The van der Waals surface area contributed by atoms with Crippen molar-refractivity contribution in [1.82, 2.24) is 20.1 Å². The molecule has 3 N–H and O–H groups in total. The van der Waals surface area contributed by atoms with Crippen LogP contribution in [0.5, 0.6) is 5.75 Å². The average molecular weight is 843 g/mol. The summed E-state index contributed by atoms with van der Waals surface area (Å²) in [4.78, 5) is 74.8. The van der Waals surface area contributed by atoms with Crippen LogP contribution in [0.3, 0.4) is 0 Å². The molecule has 0 radical (unpaired) electrons. The molecule has 1 aromatic heterocycles. The van der Waals surface area contributed by atoms with Crippen LogP contribution >= 0.6 is 11.3 Å². The number of hydrogen-bond acceptors (Lipinski definition) is 12. The van der Waals surface area contributed by atoms with E-state index in [1.165, 1.54) is 18.3 Å². The van der Waals surface area contributed by atoms with Crippen molar-refractivity contribution < 1.29 is 43.7 Å². The summed E-state index contributed by atoms with van der Waals surface area (Å²) in [5.74, 6) is -3.40. The molecule has 0 saturated carbocycles. The summed E-state index contributed by atoms with van der Waals surface area (Å²) in [5, 5.41) is 25.4. The summed E-state index contributed by atoms with van der Waals surface area (Å²) in [6.07, 6.45) is 3.91. The molecule has 0 bridgehead atoms. The normalized spacial score (nSPS) is 18.3. The molecule has 2 aromatic rings. The quantitative estimate of drug-likeness (QED) is 0.0694. The maximum absolute atomic E-state index is 14.9. The molecular formula is C45H70N4O9S. The van der Waals surface area contributed by atoms with Gasteiger partial charge in [0, 0.05) is 55.6 Å². The number of aliphatic carboxylic acids is 1. The van der Waals surface area contributed by atoms with Crippen LogP contribution in [-0.4, -0.2) is 93.0 Å². The number of esters is 2. The fourth-order valence-electron chi connectivity index (χ4n) is 7.84. The van der Waals surface area contributed by atoms with Gasteiger partial charge in [0.15, 0.2) is 18.6 Å². The van der Waals surface area contributed by atoms with Gasteiger partial charge in [-0.15, -0.1) is 11.3 Å². The first-order valence-electron chi connectivity index (χ1n) is 21.4. The number of rotatable bonds is 24. The van der Waals surface area contributed by atoms with Gasteiger partial charge in [0.2, 0.25) is 5.91 Å². The van der Waals surface area contributed by atoms with E-state index in [4.69, 9.17) is 14.5 Å². The van der Waals surface area contributed by atoms with Crippen LogP contribution in [0.2, 0.25) is 0 Å². The molecule has 1 saturated heterocycles. The number of piperidine rings is 1. The Labute approximate surface area is 355 Å². The van der Waals surface area contributed by atoms with Crippen molar-refractivity contribution in [2.45, 2.75) is 150 Å². The number of phenols is 1. The van der Waals surface area contributed by atoms with Crippen LogP contribution in [-0.2, 0) is 39.9 Å². The fourth-order valence-corrected chi connectivity index (χ4v) is 8.79. The summed E-state index contributed by atoms with van der Waals surface area (Å²) >= 11 is 1.33. The average Bonchev–Trinajstić information content (AvgIpc) is 3.67. The van der Waals surface area contributed by atoms with Gasteiger partial charge in [-0.05, 0) is 81.6 Å². The number of phenolic OH excluding ortho intramolecular Hbond substituents is 1. The largest absolute Gasteiger partial charge is 0.508 e. The van der Waals surface area contributed by atoms with Crippen molar-refractivity contribution in [1.29, 1.82) is 0 Å². The zero-order valence-corrected chi connectivity index (χ0v) is 37.8. The third-order valence-corrected chi connectivity index (χ3v) is 12.5. The van der Waals surface area contributed by atoms with Gasteiger partial charge in [0.05, 0.1) is 17.7 Å². The molecule has 1 aliphatic rings. The lowest BCUT2D eigenvalue weighted by molar-refractivity contribution is -0.162. The van der Waals surface area contributed by atoms with Crippen molar-refractivity contribution in [3.8, 4) is 5.75 Å². The van der Waals surface area contributed by atoms with Gasteiger partial charge < -0.3 is 29.9 Å². The van der Waals surface area contributed by atoms with E-state index in [0.29, 0.717) is 30.0 Å². The lowest BCUT2D eigenvalue weighted by Gasteiger charge is -2.39. The minimum absolute atomic E-state index is 0.0438. The van der Waals surface area contributed by atoms with Crippen molar-refractivity contribution in [3.05, 3.63) is 45.9 Å². The van der Waals surface area contributed by atoms with Gasteiger partial charge >= 0.3 is 17.9 Å². The molecule has 1 aromatic carbocycles. The maximum atomic E-state index is 14.9. The van der Waals surface area contributed by atoms with Crippen LogP contribution in [0.15, 0.2) is 29.6 Å². The van der Waals surface area contributed by atoms with Gasteiger partial charge in [-0.1, -0.05) is 73.4 Å². The Morgan fingerprint density at radius 2 is 1.68 bits per heavy atom. The fraction of sp³-hybridized carbons (Fsp3) is 0.689. The number of hydrogen-bond donors (Lipinski definition) is 3. The van der Waals surface area contributed by atoms with Crippen LogP contribution in [0.4, 0.5) is 0 Å². The van der Waals surface area contributed by atoms with Crippen molar-refractivity contribution >= 4 is 40.9 Å². The van der Waals surface area contributed by atoms with E-state index in [2.05, 4.69) is 10.2 Å². The molecule has 14 heteroatoms. The molecule has 1 unspecified atom stereocenters. The maximum Gasteiger partial charge on any atom is 0.307 e. The second-order valence-electron chi connectivity index (χ2n) is 17.4. The van der Waals surface area contributed by atoms with E-state index in [1.807, 2.05) is 73.0 Å². The number of ketones is 1. The Morgan fingerprint density at radius 3 is 2.25 bits per heavy atom. The zero-order chi connectivity index (χ0) is 44.0. The molecule has 2 heterocycles. The lowest BCUT2D eigenvalue weighted by Crippen LogP contribution is -2.50. The molecule has 0 aliphatic carbocycles. The predicted octanol–water partition coefficient (Wildman–Crippen LogP) is 7.72. The number of benzene rings is 1. The summed E-state index contributed by atoms with van der Waals surface area (Å²) < 4.78 is 11.7. The predicted molar refractivity (Wildman–Crippen MR) is 229 cm³/mol. The molecule has 1 fully saturated rings. The van der Waals surface area contributed by atoms with E-state index in [0.717, 1.165) is 31.4 Å². The summed E-state index contributed by atoms with van der Waals surface area (Å²) in [5.41, 5.74) is 1.62. The number of likely N-dealkylation sites (tertiary alicyclic amines) is 1. The molecule has 8 atom stereocenters. The van der Waals surface area contributed by atoms with Gasteiger partial charge in [-0.25, -0.2) is 4.98 Å². The third-order valence-electron chi connectivity index (χ3n) is 11.6. The van der Waals surface area contributed by atoms with E-state index in [9.17, 15) is 34.2 Å². The molecule has 1 aliphatic heterocycles. The van der Waals surface area contributed by atoms with Crippen LogP contribution in [0.1, 0.15) is 142 Å². The lowest BCUT2D eigenvalue weighted by atomic mass is 9.82. The molecule has 1 amide bonds. The molecule has 0 spiro atoms. The van der Waals surface area contributed by atoms with Crippen LogP contribution in [0.25, 0.3) is 0 Å². The number of nitrogens with zero attached hydrogens (tertiary/aromatic N) is 3. The number of carbonyl (C=O) groups is 5. The smallest absolute Gasteiger partial charge is 0.307 e. The highest BCUT2D eigenvalue weighted by atomic mass is 32.1. The van der Waals surface area contributed by atoms with Crippen LogP contribution in [0, 0.1) is 29.6 Å². The molecule has 330 valence electrons. The monoisotopic (exact) mass is 842 g/mol. The number of aromatic nitrogens is 1. The number of nitrogens with one attached hydrogen (secondary N) is 1. The first-order chi connectivity index (χ1) is 27.8. The second kappa shape index (κ2) is 23.8. The number of aromatic hydroxyl groups is 1. The topological polar surface area (TPSA) is 176 Å². The molecule has 3 rings (SSSR count). The van der Waals surface area contributed by atoms with Crippen LogP contribution < -0.4 is 5.32 Å². The number of amides is 1. The summed E-state index contributed by atoms with van der Waals surface area (Å²) in [7, 11) is 1.96. The molecule has 13 nitrogen and oxygen atoms in total. The number of ether oxygens (including phenoxy) is 2. The first-order valence-corrected chi connectivity index (χ1v) is 22.3. The minimum Gasteiger partial charge on any atom is -0.508 e. The zero-order valence-electron chi connectivity index (χ0n) is 36.9. The number of carboxylic acid groups (broad SMARTS) is 1. The van der Waals surface area contributed by atoms with E-state index in [1.54, 1.807) is 24.0 Å². The second-order valence-corrected chi connectivity index (χ2v) is 18.3. The van der Waals surface area contributed by atoms with E-state index in [-0.39, 0.29) is 79.3 Å². The van der Waals surface area contributed by atoms with Gasteiger partial charge in [0.1, 0.15) is 10.8 Å². The highest BCUT2D eigenvalue weighted by Crippen LogP contribution is 2.34. The summed E-state index contributed by atoms with van der Waals surface area (Å²) in [6.45, 7) is 17.2. The number of thiazole rings is 1. The number of likely N-dealkylation sites (N-methyl/N-ethyl adjacent to an activating group) is 1.